The van der Waals surface area contributed by atoms with Gasteiger partial charge in [0.25, 0.3) is 5.91 Å². The van der Waals surface area contributed by atoms with E-state index in [9.17, 15) is 9.59 Å². The van der Waals surface area contributed by atoms with Gasteiger partial charge in [0.15, 0.2) is 11.5 Å². The summed E-state index contributed by atoms with van der Waals surface area (Å²) < 4.78 is 11.6. The Bertz CT molecular complexity index is 707. The van der Waals surface area contributed by atoms with Gasteiger partial charge in [-0.15, -0.1) is 0 Å². The third kappa shape index (κ3) is 5.67. The second kappa shape index (κ2) is 11.2. The van der Waals surface area contributed by atoms with Gasteiger partial charge in [-0.25, -0.2) is 0 Å². The normalized spacial score (nSPS) is 17.7. The van der Waals surface area contributed by atoms with E-state index < -0.39 is 0 Å². The van der Waals surface area contributed by atoms with Crippen molar-refractivity contribution >= 4 is 11.8 Å². The number of rotatable bonds is 8. The van der Waals surface area contributed by atoms with Crippen LogP contribution in [0.15, 0.2) is 18.2 Å². The molecule has 2 amide bonds. The van der Waals surface area contributed by atoms with Crippen LogP contribution in [0.4, 0.5) is 0 Å². The minimum Gasteiger partial charge on any atom is -0.490 e. The van der Waals surface area contributed by atoms with Gasteiger partial charge in [0.05, 0.1) is 13.2 Å². The summed E-state index contributed by atoms with van der Waals surface area (Å²) in [5.74, 6) is 1.66. The highest BCUT2D eigenvalue weighted by molar-refractivity contribution is 5.95. The molecule has 0 aliphatic carbocycles. The van der Waals surface area contributed by atoms with Gasteiger partial charge in [0.1, 0.15) is 0 Å². The molecular weight excluding hydrogens is 380 g/mol. The van der Waals surface area contributed by atoms with Crippen LogP contribution in [-0.4, -0.2) is 61.0 Å². The Morgan fingerprint density at radius 3 is 2.13 bits per heavy atom. The van der Waals surface area contributed by atoms with E-state index in [1.54, 1.807) is 6.07 Å². The fourth-order valence-electron chi connectivity index (χ4n) is 4.18. The number of hydrogen-bond acceptors (Lipinski definition) is 4. The molecular formula is C24H36N2O4. The van der Waals surface area contributed by atoms with Crippen molar-refractivity contribution < 1.29 is 19.1 Å². The molecule has 6 nitrogen and oxygen atoms in total. The van der Waals surface area contributed by atoms with Gasteiger partial charge in [-0.2, -0.15) is 0 Å². The van der Waals surface area contributed by atoms with Gasteiger partial charge >= 0.3 is 0 Å². The van der Waals surface area contributed by atoms with Crippen LogP contribution in [0.1, 0.15) is 69.2 Å². The largest absolute Gasteiger partial charge is 0.490 e. The second-order valence-electron chi connectivity index (χ2n) is 8.31. The molecule has 1 aromatic rings. The molecule has 2 saturated heterocycles. The van der Waals surface area contributed by atoms with Crippen LogP contribution in [0.5, 0.6) is 11.5 Å². The van der Waals surface area contributed by atoms with E-state index in [0.717, 1.165) is 51.6 Å². The van der Waals surface area contributed by atoms with Gasteiger partial charge in [-0.1, -0.05) is 13.8 Å². The summed E-state index contributed by atoms with van der Waals surface area (Å²) in [4.78, 5) is 29.7. The minimum absolute atomic E-state index is 0.00209. The molecule has 2 heterocycles. The van der Waals surface area contributed by atoms with Crippen LogP contribution in [0.3, 0.4) is 0 Å². The summed E-state index contributed by atoms with van der Waals surface area (Å²) in [6.45, 7) is 8.36. The van der Waals surface area contributed by atoms with E-state index in [4.69, 9.17) is 9.47 Å². The molecule has 0 N–H and O–H groups in total. The van der Waals surface area contributed by atoms with Crippen molar-refractivity contribution in [2.75, 3.05) is 39.4 Å². The number of carbonyl (C=O) groups is 2. The summed E-state index contributed by atoms with van der Waals surface area (Å²) in [6.07, 6.45) is 6.76. The molecule has 166 valence electrons. The molecule has 30 heavy (non-hydrogen) atoms. The third-order valence-electron chi connectivity index (χ3n) is 5.91. The molecule has 2 aliphatic rings. The highest BCUT2D eigenvalue weighted by Crippen LogP contribution is 2.30. The number of benzene rings is 1. The number of carbonyl (C=O) groups excluding carboxylic acids is 2. The SMILES string of the molecule is CCCOc1ccc(C(=O)N2CCC(C(=O)N3CCCCC3)CC2)cc1OCCC. The van der Waals surface area contributed by atoms with Crippen LogP contribution in [0, 0.1) is 5.92 Å². The van der Waals surface area contributed by atoms with Crippen molar-refractivity contribution in [3.8, 4) is 11.5 Å². The van der Waals surface area contributed by atoms with Crippen molar-refractivity contribution in [1.82, 2.24) is 9.80 Å². The first kappa shape index (κ1) is 22.4. The van der Waals surface area contributed by atoms with Gasteiger partial charge in [-0.3, -0.25) is 9.59 Å². The predicted octanol–water partition coefficient (Wildman–Crippen LogP) is 4.13. The first-order chi connectivity index (χ1) is 14.6. The maximum Gasteiger partial charge on any atom is 0.253 e. The number of likely N-dealkylation sites (tertiary alicyclic amines) is 2. The van der Waals surface area contributed by atoms with Gasteiger partial charge in [0.2, 0.25) is 5.91 Å². The van der Waals surface area contributed by atoms with Crippen molar-refractivity contribution in [3.63, 3.8) is 0 Å². The topological polar surface area (TPSA) is 59.1 Å². The van der Waals surface area contributed by atoms with Crippen molar-refractivity contribution in [3.05, 3.63) is 23.8 Å². The summed E-state index contributed by atoms with van der Waals surface area (Å²) >= 11 is 0. The van der Waals surface area contributed by atoms with Gasteiger partial charge in [-0.05, 0) is 63.1 Å². The molecule has 2 fully saturated rings. The first-order valence-corrected chi connectivity index (χ1v) is 11.6. The lowest BCUT2D eigenvalue weighted by Gasteiger charge is -2.35. The maximum atomic E-state index is 13.1. The molecule has 0 bridgehead atoms. The zero-order chi connectivity index (χ0) is 21.3. The molecule has 2 aliphatic heterocycles. The summed E-state index contributed by atoms with van der Waals surface area (Å²) in [6, 6.07) is 5.45. The number of nitrogens with zero attached hydrogens (tertiary/aromatic N) is 2. The summed E-state index contributed by atoms with van der Waals surface area (Å²) in [5.41, 5.74) is 0.616. The number of ether oxygens (including phenoxy) is 2. The van der Waals surface area contributed by atoms with E-state index in [1.807, 2.05) is 21.9 Å². The van der Waals surface area contributed by atoms with E-state index in [-0.39, 0.29) is 17.7 Å². The van der Waals surface area contributed by atoms with Crippen molar-refractivity contribution in [1.29, 1.82) is 0 Å². The third-order valence-corrected chi connectivity index (χ3v) is 5.91. The fourth-order valence-corrected chi connectivity index (χ4v) is 4.18. The van der Waals surface area contributed by atoms with E-state index in [0.29, 0.717) is 43.4 Å². The number of amides is 2. The van der Waals surface area contributed by atoms with Gasteiger partial charge in [0, 0.05) is 37.7 Å². The summed E-state index contributed by atoms with van der Waals surface area (Å²) in [7, 11) is 0. The molecule has 0 unspecified atom stereocenters. The standard InChI is InChI=1S/C24H36N2O4/c1-3-16-29-21-9-8-20(18-22(21)30-17-4-2)24(28)26-14-10-19(11-15-26)23(27)25-12-6-5-7-13-25/h8-9,18-19H,3-7,10-17H2,1-2H3. The molecule has 1 aromatic carbocycles. The molecule has 0 aromatic heterocycles. The van der Waals surface area contributed by atoms with Crippen molar-refractivity contribution in [2.24, 2.45) is 5.92 Å². The molecule has 0 radical (unpaired) electrons. The smallest absolute Gasteiger partial charge is 0.253 e. The molecule has 0 spiro atoms. The Morgan fingerprint density at radius 2 is 1.50 bits per heavy atom. The Hall–Kier alpha value is -2.24. The fraction of sp³-hybridized carbons (Fsp3) is 0.667. The van der Waals surface area contributed by atoms with E-state index >= 15 is 0 Å². The van der Waals surface area contributed by atoms with Crippen molar-refractivity contribution in [2.45, 2.75) is 58.8 Å². The summed E-state index contributed by atoms with van der Waals surface area (Å²) in [5, 5.41) is 0. The molecule has 0 atom stereocenters. The molecule has 6 heteroatoms. The van der Waals surface area contributed by atoms with Crippen LogP contribution >= 0.6 is 0 Å². The zero-order valence-corrected chi connectivity index (χ0v) is 18.5. The predicted molar refractivity (Wildman–Crippen MR) is 117 cm³/mol. The number of piperidine rings is 2. The molecule has 0 saturated carbocycles. The average Bonchev–Trinajstić information content (AvgIpc) is 2.81. The van der Waals surface area contributed by atoms with Gasteiger partial charge < -0.3 is 19.3 Å². The highest BCUT2D eigenvalue weighted by atomic mass is 16.5. The Kier molecular flexibility index (Phi) is 8.40. The quantitative estimate of drug-likeness (QED) is 0.639. The van der Waals surface area contributed by atoms with Crippen LogP contribution < -0.4 is 9.47 Å². The highest BCUT2D eigenvalue weighted by Gasteiger charge is 2.31. The average molecular weight is 417 g/mol. The van der Waals surface area contributed by atoms with Crippen LogP contribution in [0.2, 0.25) is 0 Å². The maximum absolute atomic E-state index is 13.1. The molecule has 3 rings (SSSR count). The number of hydrogen-bond donors (Lipinski definition) is 0. The lowest BCUT2D eigenvalue weighted by atomic mass is 9.94. The minimum atomic E-state index is 0.00209. The first-order valence-electron chi connectivity index (χ1n) is 11.6. The Morgan fingerprint density at radius 1 is 0.867 bits per heavy atom. The zero-order valence-electron chi connectivity index (χ0n) is 18.5. The Labute approximate surface area is 180 Å². The monoisotopic (exact) mass is 416 g/mol. The van der Waals surface area contributed by atoms with Crippen LogP contribution in [-0.2, 0) is 4.79 Å². The second-order valence-corrected chi connectivity index (χ2v) is 8.31. The lowest BCUT2D eigenvalue weighted by Crippen LogP contribution is -2.45. The van der Waals surface area contributed by atoms with E-state index in [1.165, 1.54) is 6.42 Å². The van der Waals surface area contributed by atoms with Crippen LogP contribution in [0.25, 0.3) is 0 Å². The van der Waals surface area contributed by atoms with E-state index in [2.05, 4.69) is 13.8 Å². The lowest BCUT2D eigenvalue weighted by molar-refractivity contribution is -0.137. The Balaban J connectivity index is 1.60.